The molecule has 1 fully saturated rings. The normalized spacial score (nSPS) is 18.2. The fraction of sp³-hybridized carbons (Fsp3) is 0.389. The Morgan fingerprint density at radius 1 is 1.21 bits per heavy atom. The van der Waals surface area contributed by atoms with Gasteiger partial charge in [-0.2, -0.15) is 5.10 Å². The fourth-order valence-corrected chi connectivity index (χ4v) is 5.08. The quantitative estimate of drug-likeness (QED) is 0.662. The molecule has 0 bridgehead atoms. The first-order valence-corrected chi connectivity index (χ1v) is 11.8. The van der Waals surface area contributed by atoms with E-state index in [1.54, 1.807) is 0 Å². The second-order valence-electron chi connectivity index (χ2n) is 6.91. The molecule has 0 spiro atoms. The van der Waals surface area contributed by atoms with Gasteiger partial charge in [-0.1, -0.05) is 41.7 Å². The SMILES string of the molecule is CS(=O)(=O)N1CCC[C@H](c2nnc(Nc3ccn(Cc4ccccc4)n3)s2)C1. The molecule has 1 saturated heterocycles. The van der Waals surface area contributed by atoms with Crippen LogP contribution in [-0.4, -0.2) is 52.0 Å². The maximum Gasteiger partial charge on any atom is 0.211 e. The van der Waals surface area contributed by atoms with E-state index in [-0.39, 0.29) is 5.92 Å². The number of piperidine rings is 1. The lowest BCUT2D eigenvalue weighted by Crippen LogP contribution is -2.38. The molecule has 0 amide bonds. The summed E-state index contributed by atoms with van der Waals surface area (Å²) in [5, 5.41) is 17.7. The zero-order chi connectivity index (χ0) is 19.6. The second-order valence-corrected chi connectivity index (χ2v) is 9.91. The lowest BCUT2D eigenvalue weighted by molar-refractivity contribution is 0.316. The fourth-order valence-electron chi connectivity index (χ4n) is 3.29. The van der Waals surface area contributed by atoms with Crippen molar-refractivity contribution in [2.24, 2.45) is 0 Å². The van der Waals surface area contributed by atoms with Crippen molar-refractivity contribution in [1.82, 2.24) is 24.3 Å². The predicted molar refractivity (Wildman–Crippen MR) is 109 cm³/mol. The van der Waals surface area contributed by atoms with Gasteiger partial charge in [-0.3, -0.25) is 4.68 Å². The van der Waals surface area contributed by atoms with Gasteiger partial charge in [0.25, 0.3) is 0 Å². The molecule has 10 heteroatoms. The highest BCUT2D eigenvalue weighted by Gasteiger charge is 2.29. The smallest absolute Gasteiger partial charge is 0.211 e. The zero-order valence-electron chi connectivity index (χ0n) is 15.5. The molecule has 2 aromatic heterocycles. The minimum atomic E-state index is -3.17. The summed E-state index contributed by atoms with van der Waals surface area (Å²) >= 11 is 1.46. The first kappa shape index (κ1) is 19.0. The number of hydrogen-bond donors (Lipinski definition) is 1. The van der Waals surface area contributed by atoms with Gasteiger partial charge in [-0.25, -0.2) is 12.7 Å². The van der Waals surface area contributed by atoms with E-state index in [0.29, 0.717) is 30.6 Å². The Morgan fingerprint density at radius 2 is 2.04 bits per heavy atom. The summed E-state index contributed by atoms with van der Waals surface area (Å²) in [6.07, 6.45) is 4.94. The Hall–Kier alpha value is -2.30. The minimum absolute atomic E-state index is 0.0900. The molecule has 1 aliphatic rings. The standard InChI is InChI=1S/C18H22N6O2S2/c1-28(25,26)24-10-5-8-15(13-24)17-20-21-18(27-17)19-16-9-11-23(22-16)12-14-6-3-2-4-7-14/h2-4,6-7,9,11,15H,5,8,10,12-13H2,1H3,(H,19,21,22)/t15-/m0/s1. The van der Waals surface area contributed by atoms with Gasteiger partial charge in [0.1, 0.15) is 5.01 Å². The van der Waals surface area contributed by atoms with E-state index in [4.69, 9.17) is 0 Å². The molecule has 148 valence electrons. The molecule has 0 unspecified atom stereocenters. The Labute approximate surface area is 168 Å². The highest BCUT2D eigenvalue weighted by molar-refractivity contribution is 7.88. The number of rotatable bonds is 6. The third-order valence-corrected chi connectivity index (χ3v) is 6.98. The van der Waals surface area contributed by atoms with Gasteiger partial charge in [0.2, 0.25) is 15.2 Å². The van der Waals surface area contributed by atoms with Crippen LogP contribution in [0.25, 0.3) is 0 Å². The van der Waals surface area contributed by atoms with E-state index in [0.717, 1.165) is 17.8 Å². The van der Waals surface area contributed by atoms with Crippen LogP contribution in [0.4, 0.5) is 10.9 Å². The molecular formula is C18H22N6O2S2. The Balaban J connectivity index is 1.40. The monoisotopic (exact) mass is 418 g/mol. The van der Waals surface area contributed by atoms with Crippen LogP contribution < -0.4 is 5.32 Å². The number of nitrogens with one attached hydrogen (secondary N) is 1. The number of benzene rings is 1. The van der Waals surface area contributed by atoms with Gasteiger partial charge in [0.15, 0.2) is 5.82 Å². The molecule has 8 nitrogen and oxygen atoms in total. The minimum Gasteiger partial charge on any atom is -0.313 e. The highest BCUT2D eigenvalue weighted by atomic mass is 32.2. The zero-order valence-corrected chi connectivity index (χ0v) is 17.2. The van der Waals surface area contributed by atoms with Crippen LogP contribution in [0.1, 0.15) is 29.3 Å². The first-order chi connectivity index (χ1) is 13.5. The predicted octanol–water partition coefficient (Wildman–Crippen LogP) is 2.67. The van der Waals surface area contributed by atoms with Crippen molar-refractivity contribution >= 4 is 32.3 Å². The summed E-state index contributed by atoms with van der Waals surface area (Å²) in [5.74, 6) is 0.798. The lowest BCUT2D eigenvalue weighted by atomic mass is 10.0. The van der Waals surface area contributed by atoms with Crippen LogP contribution in [0.5, 0.6) is 0 Å². The average Bonchev–Trinajstić information content (AvgIpc) is 3.32. The van der Waals surface area contributed by atoms with E-state index in [1.165, 1.54) is 27.5 Å². The number of nitrogens with zero attached hydrogens (tertiary/aromatic N) is 5. The van der Waals surface area contributed by atoms with Crippen molar-refractivity contribution in [3.63, 3.8) is 0 Å². The van der Waals surface area contributed by atoms with E-state index < -0.39 is 10.0 Å². The molecule has 1 aromatic carbocycles. The summed E-state index contributed by atoms with van der Waals surface area (Å²) in [7, 11) is -3.17. The molecule has 1 aliphatic heterocycles. The lowest BCUT2D eigenvalue weighted by Gasteiger charge is -2.29. The Bertz CT molecular complexity index is 1030. The summed E-state index contributed by atoms with van der Waals surface area (Å²) in [4.78, 5) is 0. The Morgan fingerprint density at radius 3 is 2.82 bits per heavy atom. The van der Waals surface area contributed by atoms with Gasteiger partial charge >= 0.3 is 0 Å². The molecule has 0 saturated carbocycles. The van der Waals surface area contributed by atoms with Gasteiger partial charge in [0.05, 0.1) is 12.8 Å². The maximum atomic E-state index is 11.8. The van der Waals surface area contributed by atoms with E-state index in [1.807, 2.05) is 35.1 Å². The van der Waals surface area contributed by atoms with Crippen molar-refractivity contribution < 1.29 is 8.42 Å². The van der Waals surface area contributed by atoms with E-state index in [9.17, 15) is 8.42 Å². The summed E-state index contributed by atoms with van der Waals surface area (Å²) in [6.45, 7) is 1.75. The van der Waals surface area contributed by atoms with Crippen molar-refractivity contribution in [3.8, 4) is 0 Å². The number of hydrogen-bond acceptors (Lipinski definition) is 7. The Kier molecular flexibility index (Phi) is 5.42. The van der Waals surface area contributed by atoms with Crippen molar-refractivity contribution in [2.75, 3.05) is 24.7 Å². The second kappa shape index (κ2) is 7.98. The van der Waals surface area contributed by atoms with Crippen LogP contribution in [-0.2, 0) is 16.6 Å². The molecular weight excluding hydrogens is 396 g/mol. The highest BCUT2D eigenvalue weighted by Crippen LogP contribution is 2.32. The van der Waals surface area contributed by atoms with Gasteiger partial charge in [0, 0.05) is 31.3 Å². The van der Waals surface area contributed by atoms with Crippen LogP contribution >= 0.6 is 11.3 Å². The summed E-state index contributed by atoms with van der Waals surface area (Å²) in [5.41, 5.74) is 1.18. The summed E-state index contributed by atoms with van der Waals surface area (Å²) in [6, 6.07) is 12.0. The van der Waals surface area contributed by atoms with Crippen LogP contribution in [0.15, 0.2) is 42.6 Å². The third-order valence-electron chi connectivity index (χ3n) is 4.71. The largest absolute Gasteiger partial charge is 0.313 e. The maximum absolute atomic E-state index is 11.8. The van der Waals surface area contributed by atoms with Gasteiger partial charge in [-0.15, -0.1) is 10.2 Å². The molecule has 3 aromatic rings. The van der Waals surface area contributed by atoms with Crippen LogP contribution in [0, 0.1) is 0 Å². The molecule has 3 heterocycles. The third kappa shape index (κ3) is 4.57. The van der Waals surface area contributed by atoms with Gasteiger partial charge in [-0.05, 0) is 18.4 Å². The summed E-state index contributed by atoms with van der Waals surface area (Å²) < 4.78 is 27.0. The molecule has 0 aliphatic carbocycles. The first-order valence-electron chi connectivity index (χ1n) is 9.10. The molecule has 1 N–H and O–H groups in total. The number of sulfonamides is 1. The van der Waals surface area contributed by atoms with Crippen molar-refractivity contribution in [3.05, 3.63) is 53.2 Å². The number of anilines is 2. The number of aromatic nitrogens is 4. The van der Waals surface area contributed by atoms with Crippen LogP contribution in [0.2, 0.25) is 0 Å². The van der Waals surface area contributed by atoms with Gasteiger partial charge < -0.3 is 5.32 Å². The molecule has 0 radical (unpaired) electrons. The molecule has 28 heavy (non-hydrogen) atoms. The molecule has 4 rings (SSSR count). The molecule has 1 atom stereocenters. The van der Waals surface area contributed by atoms with E-state index in [2.05, 4.69) is 32.7 Å². The van der Waals surface area contributed by atoms with Crippen molar-refractivity contribution in [1.29, 1.82) is 0 Å². The topological polar surface area (TPSA) is 93.0 Å². The average molecular weight is 419 g/mol. The van der Waals surface area contributed by atoms with Crippen LogP contribution in [0.3, 0.4) is 0 Å². The van der Waals surface area contributed by atoms with Crippen molar-refractivity contribution in [2.45, 2.75) is 25.3 Å². The van der Waals surface area contributed by atoms with E-state index >= 15 is 0 Å².